The van der Waals surface area contributed by atoms with E-state index in [1.807, 2.05) is 0 Å². The summed E-state index contributed by atoms with van der Waals surface area (Å²) in [5.74, 6) is -2.53. The van der Waals surface area contributed by atoms with Crippen LogP contribution in [0.2, 0.25) is 0 Å². The molecule has 0 atom stereocenters. The lowest BCUT2D eigenvalue weighted by Crippen LogP contribution is -2.23. The van der Waals surface area contributed by atoms with E-state index in [4.69, 9.17) is 5.11 Å². The third-order valence-electron chi connectivity index (χ3n) is 1.98. The first-order valence-electron chi connectivity index (χ1n) is 4.72. The van der Waals surface area contributed by atoms with E-state index in [1.54, 1.807) is 19.1 Å². The first kappa shape index (κ1) is 11.9. The number of carbonyl (C=O) groups is 3. The van der Waals surface area contributed by atoms with Gasteiger partial charge in [-0.25, -0.2) is 4.79 Å². The summed E-state index contributed by atoms with van der Waals surface area (Å²) in [4.78, 5) is 33.1. The molecule has 5 heteroatoms. The van der Waals surface area contributed by atoms with Crippen LogP contribution in [0.5, 0.6) is 0 Å². The minimum Gasteiger partial charge on any atom is -0.478 e. The van der Waals surface area contributed by atoms with Crippen molar-refractivity contribution in [2.75, 3.05) is 5.32 Å². The Kier molecular flexibility index (Phi) is 3.77. The Hall–Kier alpha value is -2.17. The minimum atomic E-state index is -1.15. The maximum absolute atomic E-state index is 11.3. The lowest BCUT2D eigenvalue weighted by molar-refractivity contribution is -0.134. The molecule has 1 rings (SSSR count). The summed E-state index contributed by atoms with van der Waals surface area (Å²) in [6.07, 6.45) is 0.0844. The van der Waals surface area contributed by atoms with Gasteiger partial charge in [0, 0.05) is 6.42 Å². The van der Waals surface area contributed by atoms with Crippen LogP contribution in [0.3, 0.4) is 0 Å². The highest BCUT2D eigenvalue weighted by atomic mass is 16.4. The summed E-state index contributed by atoms with van der Waals surface area (Å²) < 4.78 is 0. The van der Waals surface area contributed by atoms with E-state index in [-0.39, 0.29) is 17.7 Å². The number of hydrogen-bond donors (Lipinski definition) is 2. The van der Waals surface area contributed by atoms with Gasteiger partial charge in [0.2, 0.25) is 5.78 Å². The first-order valence-corrected chi connectivity index (χ1v) is 4.72. The van der Waals surface area contributed by atoms with Crippen molar-refractivity contribution in [3.63, 3.8) is 0 Å². The molecule has 16 heavy (non-hydrogen) atoms. The maximum Gasteiger partial charge on any atom is 0.337 e. The molecule has 1 aromatic rings. The van der Waals surface area contributed by atoms with Crippen molar-refractivity contribution < 1.29 is 19.5 Å². The first-order chi connectivity index (χ1) is 7.56. The Labute approximate surface area is 92.1 Å². The number of aromatic carboxylic acids is 1. The standard InChI is InChI=1S/C11H11NO4/c1-2-9(13)10(14)12-8-6-4-3-5-7(8)11(15)16/h3-6H,2H2,1H3,(H,12,14)(H,15,16). The summed E-state index contributed by atoms with van der Waals surface area (Å²) in [5.41, 5.74) is 0.0848. The molecule has 0 saturated heterocycles. The van der Waals surface area contributed by atoms with Crippen LogP contribution in [0.1, 0.15) is 23.7 Å². The van der Waals surface area contributed by atoms with Crippen LogP contribution in [0.4, 0.5) is 5.69 Å². The Morgan fingerprint density at radius 2 is 1.88 bits per heavy atom. The van der Waals surface area contributed by atoms with Gasteiger partial charge in [0.25, 0.3) is 5.91 Å². The number of amides is 1. The fourth-order valence-electron chi connectivity index (χ4n) is 1.13. The quantitative estimate of drug-likeness (QED) is 0.750. The molecule has 1 amide bonds. The molecule has 5 nitrogen and oxygen atoms in total. The van der Waals surface area contributed by atoms with E-state index in [1.165, 1.54) is 12.1 Å². The van der Waals surface area contributed by atoms with Crippen molar-refractivity contribution in [3.8, 4) is 0 Å². The largest absolute Gasteiger partial charge is 0.478 e. The molecule has 0 aliphatic heterocycles. The van der Waals surface area contributed by atoms with Gasteiger partial charge in [-0.15, -0.1) is 0 Å². The number of benzene rings is 1. The lowest BCUT2D eigenvalue weighted by atomic mass is 10.1. The van der Waals surface area contributed by atoms with E-state index >= 15 is 0 Å². The van der Waals surface area contributed by atoms with Gasteiger partial charge in [0.1, 0.15) is 0 Å². The minimum absolute atomic E-state index is 0.0419. The summed E-state index contributed by atoms with van der Waals surface area (Å²) in [7, 11) is 0. The van der Waals surface area contributed by atoms with Crippen molar-refractivity contribution in [1.29, 1.82) is 0 Å². The summed E-state index contributed by atoms with van der Waals surface area (Å²) in [6, 6.07) is 5.91. The predicted octanol–water partition coefficient (Wildman–Crippen LogP) is 1.30. The molecule has 84 valence electrons. The molecule has 2 N–H and O–H groups in total. The van der Waals surface area contributed by atoms with Crippen LogP contribution >= 0.6 is 0 Å². The average Bonchev–Trinajstić information content (AvgIpc) is 2.28. The number of hydrogen-bond acceptors (Lipinski definition) is 3. The van der Waals surface area contributed by atoms with Crippen LogP contribution in [-0.2, 0) is 9.59 Å². The normalized spacial score (nSPS) is 9.56. The second-order valence-corrected chi connectivity index (χ2v) is 3.08. The molecule has 0 bridgehead atoms. The van der Waals surface area contributed by atoms with Gasteiger partial charge in [-0.2, -0.15) is 0 Å². The smallest absolute Gasteiger partial charge is 0.337 e. The fourth-order valence-corrected chi connectivity index (χ4v) is 1.13. The second-order valence-electron chi connectivity index (χ2n) is 3.08. The van der Waals surface area contributed by atoms with Gasteiger partial charge < -0.3 is 10.4 Å². The lowest BCUT2D eigenvalue weighted by Gasteiger charge is -2.06. The molecule has 1 aromatic carbocycles. The van der Waals surface area contributed by atoms with E-state index < -0.39 is 17.7 Å². The molecule has 0 aliphatic rings. The topological polar surface area (TPSA) is 83.5 Å². The predicted molar refractivity (Wildman–Crippen MR) is 57.3 cm³/mol. The molecule has 0 heterocycles. The molecule has 0 radical (unpaired) electrons. The summed E-state index contributed by atoms with van der Waals surface area (Å²) in [6.45, 7) is 1.56. The number of nitrogens with one attached hydrogen (secondary N) is 1. The Bertz CT molecular complexity index is 439. The van der Waals surface area contributed by atoms with Crippen molar-refractivity contribution in [1.82, 2.24) is 0 Å². The Morgan fingerprint density at radius 3 is 2.44 bits per heavy atom. The summed E-state index contributed by atoms with van der Waals surface area (Å²) in [5, 5.41) is 11.1. The third-order valence-corrected chi connectivity index (χ3v) is 1.98. The number of para-hydroxylation sites is 1. The Balaban J connectivity index is 2.93. The van der Waals surface area contributed by atoms with Crippen molar-refractivity contribution >= 4 is 23.3 Å². The van der Waals surface area contributed by atoms with Crippen LogP contribution in [0.25, 0.3) is 0 Å². The highest BCUT2D eigenvalue weighted by molar-refractivity contribution is 6.40. The van der Waals surface area contributed by atoms with Crippen LogP contribution in [-0.4, -0.2) is 22.8 Å². The van der Waals surface area contributed by atoms with Crippen LogP contribution in [0, 0.1) is 0 Å². The van der Waals surface area contributed by atoms with E-state index in [0.29, 0.717) is 0 Å². The second kappa shape index (κ2) is 5.06. The van der Waals surface area contributed by atoms with Gasteiger partial charge in [0.05, 0.1) is 11.3 Å². The molecule has 0 unspecified atom stereocenters. The number of ketones is 1. The molecule has 0 aromatic heterocycles. The van der Waals surface area contributed by atoms with Gasteiger partial charge in [-0.3, -0.25) is 9.59 Å². The molecular weight excluding hydrogens is 210 g/mol. The van der Waals surface area contributed by atoms with Crippen molar-refractivity contribution in [2.45, 2.75) is 13.3 Å². The molecule has 0 aliphatic carbocycles. The van der Waals surface area contributed by atoms with Crippen molar-refractivity contribution in [3.05, 3.63) is 29.8 Å². The van der Waals surface area contributed by atoms with Gasteiger partial charge >= 0.3 is 5.97 Å². The molecular formula is C11H11NO4. The maximum atomic E-state index is 11.3. The zero-order valence-corrected chi connectivity index (χ0v) is 8.69. The third kappa shape index (κ3) is 2.66. The van der Waals surface area contributed by atoms with Crippen molar-refractivity contribution in [2.24, 2.45) is 0 Å². The zero-order valence-electron chi connectivity index (χ0n) is 8.69. The zero-order chi connectivity index (χ0) is 12.1. The number of anilines is 1. The number of carboxylic acids is 1. The monoisotopic (exact) mass is 221 g/mol. The van der Waals surface area contributed by atoms with E-state index in [2.05, 4.69) is 5.32 Å². The fraction of sp³-hybridized carbons (Fsp3) is 0.182. The number of Topliss-reactive ketones (excluding diaryl/α,β-unsaturated/α-hetero) is 1. The number of carboxylic acid groups (broad SMARTS) is 1. The molecule has 0 saturated carbocycles. The van der Waals surface area contributed by atoms with E-state index in [0.717, 1.165) is 0 Å². The SMILES string of the molecule is CCC(=O)C(=O)Nc1ccccc1C(=O)O. The molecule has 0 fully saturated rings. The number of carbonyl (C=O) groups excluding carboxylic acids is 2. The van der Waals surface area contributed by atoms with Gasteiger partial charge in [-0.05, 0) is 12.1 Å². The summed E-state index contributed by atoms with van der Waals surface area (Å²) >= 11 is 0. The molecule has 0 spiro atoms. The van der Waals surface area contributed by atoms with Gasteiger partial charge in [-0.1, -0.05) is 19.1 Å². The highest BCUT2D eigenvalue weighted by Crippen LogP contribution is 2.14. The van der Waals surface area contributed by atoms with E-state index in [9.17, 15) is 14.4 Å². The highest BCUT2D eigenvalue weighted by Gasteiger charge is 2.15. The van der Waals surface area contributed by atoms with Gasteiger partial charge in [0.15, 0.2) is 0 Å². The van der Waals surface area contributed by atoms with Crippen LogP contribution in [0.15, 0.2) is 24.3 Å². The average molecular weight is 221 g/mol. The Morgan fingerprint density at radius 1 is 1.25 bits per heavy atom. The van der Waals surface area contributed by atoms with Crippen LogP contribution < -0.4 is 5.32 Å². The number of rotatable bonds is 4.